The van der Waals surface area contributed by atoms with E-state index in [1.807, 2.05) is 24.3 Å². The lowest BCUT2D eigenvalue weighted by Gasteiger charge is -2.06. The van der Waals surface area contributed by atoms with Crippen molar-refractivity contribution in [1.29, 1.82) is 0 Å². The zero-order valence-electron chi connectivity index (χ0n) is 14.0. The van der Waals surface area contributed by atoms with Gasteiger partial charge in [0.1, 0.15) is 5.75 Å². The van der Waals surface area contributed by atoms with Crippen LogP contribution in [0.3, 0.4) is 0 Å². The molecule has 1 aliphatic carbocycles. The molecule has 1 aliphatic rings. The largest absolute Gasteiger partial charge is 0.497 e. The molecule has 3 rings (SSSR count). The maximum atomic E-state index is 12.1. The van der Waals surface area contributed by atoms with Crippen LogP contribution in [0.5, 0.6) is 5.75 Å². The monoisotopic (exact) mass is 336 g/mol. The zero-order chi connectivity index (χ0) is 17.6. The third-order valence-corrected chi connectivity index (χ3v) is 3.83. The van der Waals surface area contributed by atoms with Gasteiger partial charge < -0.3 is 15.4 Å². The summed E-state index contributed by atoms with van der Waals surface area (Å²) in [4.78, 5) is 24.1. The van der Waals surface area contributed by atoms with Gasteiger partial charge in [-0.2, -0.15) is 0 Å². The predicted octanol–water partition coefficient (Wildman–Crippen LogP) is 3.24. The van der Waals surface area contributed by atoms with Crippen molar-refractivity contribution >= 4 is 23.6 Å². The predicted molar refractivity (Wildman–Crippen MR) is 97.6 cm³/mol. The van der Waals surface area contributed by atoms with Gasteiger partial charge in [0.05, 0.1) is 7.11 Å². The minimum atomic E-state index is -0.262. The number of carbonyl (C=O) groups excluding carboxylic acids is 2. The van der Waals surface area contributed by atoms with Gasteiger partial charge in [0, 0.05) is 23.4 Å². The standard InChI is InChI=1S/C20H20N2O3/c1-25-18-7-2-4-14(12-18)8-11-19(23)21-17-6-3-5-15(13-17)20(24)22-16-9-10-16/h2-8,11-13,16H,9-10H2,1H3,(H,21,23)(H,22,24)/b11-8+. The zero-order valence-corrected chi connectivity index (χ0v) is 14.0. The number of rotatable bonds is 6. The molecule has 0 aliphatic heterocycles. The van der Waals surface area contributed by atoms with E-state index in [0.29, 0.717) is 17.3 Å². The molecule has 0 bridgehead atoms. The first-order chi connectivity index (χ1) is 12.1. The highest BCUT2D eigenvalue weighted by Gasteiger charge is 2.23. The molecule has 0 unspecified atom stereocenters. The number of anilines is 1. The Morgan fingerprint density at radius 2 is 1.92 bits per heavy atom. The number of ether oxygens (including phenoxy) is 1. The smallest absolute Gasteiger partial charge is 0.251 e. The molecule has 25 heavy (non-hydrogen) atoms. The summed E-state index contributed by atoms with van der Waals surface area (Å²) < 4.78 is 5.15. The van der Waals surface area contributed by atoms with Crippen molar-refractivity contribution in [1.82, 2.24) is 5.32 Å². The average Bonchev–Trinajstić information content (AvgIpc) is 3.44. The maximum absolute atomic E-state index is 12.1. The van der Waals surface area contributed by atoms with E-state index >= 15 is 0 Å². The second-order valence-electron chi connectivity index (χ2n) is 5.93. The molecule has 2 N–H and O–H groups in total. The van der Waals surface area contributed by atoms with Gasteiger partial charge in [-0.05, 0) is 54.8 Å². The Labute approximate surface area is 146 Å². The molecule has 0 radical (unpaired) electrons. The minimum Gasteiger partial charge on any atom is -0.497 e. The van der Waals surface area contributed by atoms with Crippen LogP contribution in [0.25, 0.3) is 6.08 Å². The van der Waals surface area contributed by atoms with Crippen LogP contribution in [0.4, 0.5) is 5.69 Å². The van der Waals surface area contributed by atoms with Crippen LogP contribution in [-0.2, 0) is 4.79 Å². The van der Waals surface area contributed by atoms with Crippen LogP contribution in [0.15, 0.2) is 54.6 Å². The van der Waals surface area contributed by atoms with Gasteiger partial charge in [0.2, 0.25) is 5.91 Å². The van der Waals surface area contributed by atoms with Crippen LogP contribution >= 0.6 is 0 Å². The summed E-state index contributed by atoms with van der Waals surface area (Å²) in [7, 11) is 1.60. The highest BCUT2D eigenvalue weighted by atomic mass is 16.5. The number of nitrogens with one attached hydrogen (secondary N) is 2. The molecule has 5 nitrogen and oxygen atoms in total. The summed E-state index contributed by atoms with van der Waals surface area (Å²) in [5.41, 5.74) is 2.00. The van der Waals surface area contributed by atoms with Gasteiger partial charge in [-0.3, -0.25) is 9.59 Å². The highest BCUT2D eigenvalue weighted by Crippen LogP contribution is 2.20. The summed E-state index contributed by atoms with van der Waals surface area (Å²) in [5.74, 6) is 0.366. The summed E-state index contributed by atoms with van der Waals surface area (Å²) in [6.07, 6.45) is 5.24. The fourth-order valence-electron chi connectivity index (χ4n) is 2.34. The number of benzene rings is 2. The molecule has 1 fully saturated rings. The number of hydrogen-bond acceptors (Lipinski definition) is 3. The van der Waals surface area contributed by atoms with Crippen molar-refractivity contribution in [3.63, 3.8) is 0 Å². The van der Waals surface area contributed by atoms with E-state index in [0.717, 1.165) is 24.2 Å². The Kier molecular flexibility index (Phi) is 5.14. The van der Waals surface area contributed by atoms with E-state index in [4.69, 9.17) is 4.74 Å². The van der Waals surface area contributed by atoms with Crippen molar-refractivity contribution in [3.8, 4) is 5.75 Å². The average molecular weight is 336 g/mol. The van der Waals surface area contributed by atoms with Gasteiger partial charge in [-0.15, -0.1) is 0 Å². The molecule has 5 heteroatoms. The molecular formula is C20H20N2O3. The lowest BCUT2D eigenvalue weighted by Crippen LogP contribution is -2.25. The van der Waals surface area contributed by atoms with Crippen molar-refractivity contribution in [3.05, 3.63) is 65.7 Å². The summed E-state index contributed by atoms with van der Waals surface area (Å²) in [6.45, 7) is 0. The molecule has 2 amide bonds. The van der Waals surface area contributed by atoms with Crippen molar-refractivity contribution in [2.75, 3.05) is 12.4 Å². The highest BCUT2D eigenvalue weighted by molar-refractivity contribution is 6.03. The molecule has 0 heterocycles. The van der Waals surface area contributed by atoms with Crippen LogP contribution < -0.4 is 15.4 Å². The van der Waals surface area contributed by atoms with Crippen molar-refractivity contribution < 1.29 is 14.3 Å². The van der Waals surface area contributed by atoms with E-state index in [1.165, 1.54) is 6.08 Å². The molecule has 2 aromatic rings. The van der Waals surface area contributed by atoms with Crippen LogP contribution in [0, 0.1) is 0 Å². The first-order valence-electron chi connectivity index (χ1n) is 8.18. The number of methoxy groups -OCH3 is 1. The van der Waals surface area contributed by atoms with Crippen LogP contribution in [-0.4, -0.2) is 25.0 Å². The molecule has 0 atom stereocenters. The van der Waals surface area contributed by atoms with Crippen LogP contribution in [0.1, 0.15) is 28.8 Å². The Hall–Kier alpha value is -3.08. The Morgan fingerprint density at radius 1 is 1.12 bits per heavy atom. The van der Waals surface area contributed by atoms with Crippen LogP contribution in [0.2, 0.25) is 0 Å². The normalized spacial score (nSPS) is 13.5. The third kappa shape index (κ3) is 4.94. The van der Waals surface area contributed by atoms with Gasteiger partial charge in [0.15, 0.2) is 0 Å². The molecule has 128 valence electrons. The SMILES string of the molecule is COc1cccc(/C=C/C(=O)Nc2cccc(C(=O)NC3CC3)c2)c1. The molecule has 0 spiro atoms. The molecule has 0 aromatic heterocycles. The topological polar surface area (TPSA) is 67.4 Å². The summed E-state index contributed by atoms with van der Waals surface area (Å²) in [5, 5.41) is 5.70. The van der Waals surface area contributed by atoms with E-state index in [9.17, 15) is 9.59 Å². The lowest BCUT2D eigenvalue weighted by atomic mass is 10.1. The molecule has 0 saturated heterocycles. The molecular weight excluding hydrogens is 316 g/mol. The second-order valence-corrected chi connectivity index (χ2v) is 5.93. The fraction of sp³-hybridized carbons (Fsp3) is 0.200. The maximum Gasteiger partial charge on any atom is 0.251 e. The first-order valence-corrected chi connectivity index (χ1v) is 8.18. The lowest BCUT2D eigenvalue weighted by molar-refractivity contribution is -0.111. The van der Waals surface area contributed by atoms with Gasteiger partial charge >= 0.3 is 0 Å². The van der Waals surface area contributed by atoms with E-state index in [-0.39, 0.29) is 11.8 Å². The summed E-state index contributed by atoms with van der Waals surface area (Å²) >= 11 is 0. The Balaban J connectivity index is 1.62. The quantitative estimate of drug-likeness (QED) is 0.796. The third-order valence-electron chi connectivity index (χ3n) is 3.83. The van der Waals surface area contributed by atoms with Crippen molar-refractivity contribution in [2.24, 2.45) is 0 Å². The minimum absolute atomic E-state index is 0.106. The van der Waals surface area contributed by atoms with Crippen molar-refractivity contribution in [2.45, 2.75) is 18.9 Å². The first kappa shape index (κ1) is 16.8. The number of hydrogen-bond donors (Lipinski definition) is 2. The Bertz CT molecular complexity index is 810. The van der Waals surface area contributed by atoms with Gasteiger partial charge in [-0.1, -0.05) is 18.2 Å². The van der Waals surface area contributed by atoms with E-state index < -0.39 is 0 Å². The number of carbonyl (C=O) groups is 2. The Morgan fingerprint density at radius 3 is 2.68 bits per heavy atom. The van der Waals surface area contributed by atoms with Gasteiger partial charge in [0.25, 0.3) is 5.91 Å². The second kappa shape index (κ2) is 7.66. The molecule has 1 saturated carbocycles. The molecule has 2 aromatic carbocycles. The van der Waals surface area contributed by atoms with Gasteiger partial charge in [-0.25, -0.2) is 0 Å². The fourth-order valence-corrected chi connectivity index (χ4v) is 2.34. The number of amides is 2. The summed E-state index contributed by atoms with van der Waals surface area (Å²) in [6, 6.07) is 14.6. The van der Waals surface area contributed by atoms with E-state index in [2.05, 4.69) is 10.6 Å². The van der Waals surface area contributed by atoms with E-state index in [1.54, 1.807) is 37.5 Å².